The number of nitrogens with zero attached hydrogens (tertiary/aromatic N) is 4. The van der Waals surface area contributed by atoms with Crippen LogP contribution in [-0.4, -0.2) is 42.2 Å². The lowest BCUT2D eigenvalue weighted by Gasteiger charge is -2.36. The Morgan fingerprint density at radius 1 is 0.828 bits per heavy atom. The number of anilines is 4. The van der Waals surface area contributed by atoms with Gasteiger partial charge in [-0.3, -0.25) is 0 Å². The molecule has 1 aliphatic heterocycles. The van der Waals surface area contributed by atoms with E-state index in [1.807, 2.05) is 37.3 Å². The molecule has 7 nitrogen and oxygen atoms in total. The van der Waals surface area contributed by atoms with Gasteiger partial charge >= 0.3 is 6.03 Å². The van der Waals surface area contributed by atoms with Crippen LogP contribution in [0.4, 0.5) is 27.8 Å². The fourth-order valence-corrected chi connectivity index (χ4v) is 3.35. The second kappa shape index (κ2) is 8.60. The predicted octanol–water partition coefficient (Wildman–Crippen LogP) is 3.76. The number of carbonyl (C=O) groups is 1. The van der Waals surface area contributed by atoms with Crippen LogP contribution in [0.3, 0.4) is 0 Å². The summed E-state index contributed by atoms with van der Waals surface area (Å²) in [6.45, 7) is 5.51. The Morgan fingerprint density at radius 2 is 1.45 bits per heavy atom. The summed E-state index contributed by atoms with van der Waals surface area (Å²) in [7, 11) is 0. The highest BCUT2D eigenvalue weighted by Gasteiger charge is 2.19. The van der Waals surface area contributed by atoms with Crippen LogP contribution in [0.15, 0.2) is 67.0 Å². The van der Waals surface area contributed by atoms with Crippen LogP contribution in [0.1, 0.15) is 5.56 Å². The Balaban J connectivity index is 1.31. The first-order valence-electron chi connectivity index (χ1n) is 9.70. The number of hydrogen-bond donors (Lipinski definition) is 2. The minimum atomic E-state index is -0.313. The van der Waals surface area contributed by atoms with Crippen molar-refractivity contribution in [1.29, 1.82) is 0 Å². The second-order valence-corrected chi connectivity index (χ2v) is 6.98. The summed E-state index contributed by atoms with van der Waals surface area (Å²) in [6.07, 6.45) is 3.28. The van der Waals surface area contributed by atoms with Crippen molar-refractivity contribution in [2.24, 2.45) is 0 Å². The molecule has 1 fully saturated rings. The van der Waals surface area contributed by atoms with Gasteiger partial charge in [0, 0.05) is 37.6 Å². The van der Waals surface area contributed by atoms with Crippen LogP contribution in [-0.2, 0) is 0 Å². The third-order valence-corrected chi connectivity index (χ3v) is 4.97. The molecule has 0 radical (unpaired) electrons. The molecule has 2 N–H and O–H groups in total. The topological polar surface area (TPSA) is 73.4 Å². The van der Waals surface area contributed by atoms with E-state index >= 15 is 0 Å². The average molecular weight is 388 g/mol. The van der Waals surface area contributed by atoms with E-state index in [1.54, 1.807) is 12.4 Å². The molecule has 29 heavy (non-hydrogen) atoms. The quantitative estimate of drug-likeness (QED) is 0.712. The van der Waals surface area contributed by atoms with E-state index in [4.69, 9.17) is 0 Å². The zero-order chi connectivity index (χ0) is 20.1. The van der Waals surface area contributed by atoms with Gasteiger partial charge in [0.05, 0.1) is 18.1 Å². The number of piperazine rings is 1. The maximum atomic E-state index is 12.2. The van der Waals surface area contributed by atoms with Crippen molar-refractivity contribution < 1.29 is 4.79 Å². The third-order valence-electron chi connectivity index (χ3n) is 4.97. The van der Waals surface area contributed by atoms with E-state index in [0.717, 1.165) is 37.4 Å². The van der Waals surface area contributed by atoms with Gasteiger partial charge in [0.15, 0.2) is 0 Å². The smallest absolute Gasteiger partial charge is 0.323 e. The SMILES string of the molecule is Cc1ccccc1NC(=O)Nc1cnc(N2CCN(c3ccccc3)CC2)nc1. The molecule has 7 heteroatoms. The van der Waals surface area contributed by atoms with Gasteiger partial charge in [-0.2, -0.15) is 0 Å². The first-order valence-corrected chi connectivity index (χ1v) is 9.70. The molecule has 0 unspecified atom stereocenters. The van der Waals surface area contributed by atoms with Crippen molar-refractivity contribution in [3.63, 3.8) is 0 Å². The van der Waals surface area contributed by atoms with E-state index in [-0.39, 0.29) is 6.03 Å². The molecule has 1 aliphatic rings. The lowest BCUT2D eigenvalue weighted by Crippen LogP contribution is -2.47. The zero-order valence-corrected chi connectivity index (χ0v) is 16.4. The van der Waals surface area contributed by atoms with E-state index in [1.165, 1.54) is 5.69 Å². The minimum absolute atomic E-state index is 0.313. The predicted molar refractivity (Wildman–Crippen MR) is 117 cm³/mol. The standard InChI is InChI=1S/C22H24N6O/c1-17-7-5-6-10-20(17)26-22(29)25-18-15-23-21(24-16-18)28-13-11-27(12-14-28)19-8-3-2-4-9-19/h2-10,15-16H,11-14H2,1H3,(H2,25,26,29). The van der Waals surface area contributed by atoms with Crippen LogP contribution in [0.2, 0.25) is 0 Å². The van der Waals surface area contributed by atoms with Gasteiger partial charge in [-0.25, -0.2) is 14.8 Å². The first-order chi connectivity index (χ1) is 14.2. The molecule has 1 aromatic heterocycles. The fourth-order valence-electron chi connectivity index (χ4n) is 3.35. The van der Waals surface area contributed by atoms with Crippen molar-refractivity contribution >= 4 is 29.0 Å². The first kappa shape index (κ1) is 18.7. The Kier molecular flexibility index (Phi) is 5.56. The number of aryl methyl sites for hydroxylation is 1. The van der Waals surface area contributed by atoms with Crippen molar-refractivity contribution in [2.75, 3.05) is 46.6 Å². The van der Waals surface area contributed by atoms with Crippen LogP contribution in [0.5, 0.6) is 0 Å². The summed E-state index contributed by atoms with van der Waals surface area (Å²) in [4.78, 5) is 25.6. The molecule has 4 rings (SSSR count). The van der Waals surface area contributed by atoms with Gasteiger partial charge in [-0.15, -0.1) is 0 Å². The highest BCUT2D eigenvalue weighted by atomic mass is 16.2. The van der Waals surface area contributed by atoms with E-state index < -0.39 is 0 Å². The number of aromatic nitrogens is 2. The van der Waals surface area contributed by atoms with Crippen LogP contribution < -0.4 is 20.4 Å². The van der Waals surface area contributed by atoms with Crippen molar-refractivity contribution in [3.05, 3.63) is 72.6 Å². The molecule has 0 saturated carbocycles. The minimum Gasteiger partial charge on any atom is -0.368 e. The fraction of sp³-hybridized carbons (Fsp3) is 0.227. The van der Waals surface area contributed by atoms with Gasteiger partial charge in [0.1, 0.15) is 0 Å². The Labute approximate surface area is 170 Å². The molecule has 0 atom stereocenters. The van der Waals surface area contributed by atoms with Gasteiger partial charge in [-0.05, 0) is 30.7 Å². The van der Waals surface area contributed by atoms with Crippen molar-refractivity contribution in [2.45, 2.75) is 6.92 Å². The molecule has 2 aromatic carbocycles. The molecule has 2 amide bonds. The molecule has 0 bridgehead atoms. The number of urea groups is 1. The van der Waals surface area contributed by atoms with Gasteiger partial charge in [-0.1, -0.05) is 36.4 Å². The monoisotopic (exact) mass is 388 g/mol. The number of para-hydroxylation sites is 2. The zero-order valence-electron chi connectivity index (χ0n) is 16.4. The number of rotatable bonds is 4. The van der Waals surface area contributed by atoms with Gasteiger partial charge in [0.2, 0.25) is 5.95 Å². The highest BCUT2D eigenvalue weighted by molar-refractivity contribution is 6.00. The Morgan fingerprint density at radius 3 is 2.14 bits per heavy atom. The number of carbonyl (C=O) groups excluding carboxylic acids is 1. The number of hydrogen-bond acceptors (Lipinski definition) is 5. The summed E-state index contributed by atoms with van der Waals surface area (Å²) in [5, 5.41) is 5.61. The van der Waals surface area contributed by atoms with Crippen LogP contribution in [0, 0.1) is 6.92 Å². The molecule has 3 aromatic rings. The van der Waals surface area contributed by atoms with Crippen LogP contribution >= 0.6 is 0 Å². The van der Waals surface area contributed by atoms with E-state index in [9.17, 15) is 4.79 Å². The molecule has 0 aliphatic carbocycles. The molecular weight excluding hydrogens is 364 g/mol. The van der Waals surface area contributed by atoms with E-state index in [0.29, 0.717) is 11.6 Å². The molecule has 0 spiro atoms. The second-order valence-electron chi connectivity index (χ2n) is 6.98. The number of benzene rings is 2. The summed E-state index contributed by atoms with van der Waals surface area (Å²) in [5.74, 6) is 0.683. The summed E-state index contributed by atoms with van der Waals surface area (Å²) in [5.41, 5.74) is 3.58. The van der Waals surface area contributed by atoms with Gasteiger partial charge in [0.25, 0.3) is 0 Å². The van der Waals surface area contributed by atoms with Gasteiger partial charge < -0.3 is 20.4 Å². The highest BCUT2D eigenvalue weighted by Crippen LogP contribution is 2.19. The number of amides is 2. The van der Waals surface area contributed by atoms with Crippen molar-refractivity contribution in [1.82, 2.24) is 9.97 Å². The van der Waals surface area contributed by atoms with Crippen molar-refractivity contribution in [3.8, 4) is 0 Å². The normalized spacial score (nSPS) is 13.8. The molecule has 148 valence electrons. The lowest BCUT2D eigenvalue weighted by atomic mass is 10.2. The largest absolute Gasteiger partial charge is 0.368 e. The molecular formula is C22H24N6O. The maximum absolute atomic E-state index is 12.2. The molecule has 2 heterocycles. The summed E-state index contributed by atoms with van der Waals surface area (Å²) < 4.78 is 0. The summed E-state index contributed by atoms with van der Waals surface area (Å²) >= 11 is 0. The lowest BCUT2D eigenvalue weighted by molar-refractivity contribution is 0.262. The van der Waals surface area contributed by atoms with E-state index in [2.05, 4.69) is 54.7 Å². The Hall–Kier alpha value is -3.61. The third kappa shape index (κ3) is 4.63. The molecule has 1 saturated heterocycles. The maximum Gasteiger partial charge on any atom is 0.323 e. The number of nitrogens with one attached hydrogen (secondary N) is 2. The summed E-state index contributed by atoms with van der Waals surface area (Å²) in [6, 6.07) is 17.7. The Bertz CT molecular complexity index is 953. The average Bonchev–Trinajstić information content (AvgIpc) is 2.77. The van der Waals surface area contributed by atoms with Crippen LogP contribution in [0.25, 0.3) is 0 Å².